The van der Waals surface area contributed by atoms with Gasteiger partial charge in [0.15, 0.2) is 6.10 Å². The van der Waals surface area contributed by atoms with E-state index in [0.29, 0.717) is 11.1 Å². The Labute approximate surface area is 236 Å². The first-order valence-corrected chi connectivity index (χ1v) is 12.7. The van der Waals surface area contributed by atoms with Crippen molar-refractivity contribution in [3.05, 3.63) is 87.9 Å². The van der Waals surface area contributed by atoms with Gasteiger partial charge < -0.3 is 24.8 Å². The second kappa shape index (κ2) is 12.2. The number of esters is 3. The van der Waals surface area contributed by atoms with Crippen LogP contribution in [0.5, 0.6) is 0 Å². The zero-order valence-electron chi connectivity index (χ0n) is 23.5. The van der Waals surface area contributed by atoms with E-state index in [1.165, 1.54) is 55.1 Å². The van der Waals surface area contributed by atoms with Crippen LogP contribution in [0.25, 0.3) is 0 Å². The molecule has 0 saturated carbocycles. The minimum atomic E-state index is -3.19. The Morgan fingerprint density at radius 2 is 1.63 bits per heavy atom. The van der Waals surface area contributed by atoms with Gasteiger partial charge >= 0.3 is 17.9 Å². The highest BCUT2D eigenvalue weighted by molar-refractivity contribution is 6.02. The first-order chi connectivity index (χ1) is 19.2. The highest BCUT2D eigenvalue weighted by Gasteiger charge is 2.43. The number of benzene rings is 2. The van der Waals surface area contributed by atoms with E-state index in [1.54, 1.807) is 26.0 Å². The van der Waals surface area contributed by atoms with Crippen LogP contribution in [0.2, 0.25) is 0 Å². The number of nitrogens with two attached hydrogens (primary N) is 1. The maximum atomic E-state index is 14.3. The Morgan fingerprint density at radius 1 is 1.02 bits per heavy atom. The largest absolute Gasteiger partial charge is 0.466 e. The highest BCUT2D eigenvalue weighted by atomic mass is 19.3. The molecule has 1 heterocycles. The van der Waals surface area contributed by atoms with Crippen molar-refractivity contribution in [2.75, 3.05) is 12.0 Å². The van der Waals surface area contributed by atoms with Gasteiger partial charge in [-0.1, -0.05) is 24.3 Å². The van der Waals surface area contributed by atoms with Crippen molar-refractivity contribution >= 4 is 23.6 Å². The van der Waals surface area contributed by atoms with Gasteiger partial charge in [-0.05, 0) is 57.5 Å². The fraction of sp³-hybridized carbons (Fsp3) is 0.333. The number of ether oxygens (including phenoxy) is 3. The maximum Gasteiger partial charge on any atom is 0.346 e. The number of methoxy groups -OCH3 is 1. The van der Waals surface area contributed by atoms with Crippen molar-refractivity contribution in [1.82, 2.24) is 0 Å². The van der Waals surface area contributed by atoms with Gasteiger partial charge in [-0.25, -0.2) is 23.2 Å². The minimum Gasteiger partial charge on any atom is -0.466 e. The molecule has 0 fully saturated rings. The zero-order chi connectivity index (χ0) is 30.6. The molecule has 9 nitrogen and oxygen atoms in total. The van der Waals surface area contributed by atoms with Gasteiger partial charge in [-0.3, -0.25) is 0 Å². The number of rotatable bonds is 8. The zero-order valence-corrected chi connectivity index (χ0v) is 23.5. The number of nitriles is 1. The summed E-state index contributed by atoms with van der Waals surface area (Å²) in [6.07, 6.45) is -1.87. The summed E-state index contributed by atoms with van der Waals surface area (Å²) in [5.41, 5.74) is 7.08. The van der Waals surface area contributed by atoms with Crippen LogP contribution >= 0.6 is 0 Å². The summed E-state index contributed by atoms with van der Waals surface area (Å²) < 4.78 is 44.1. The van der Waals surface area contributed by atoms with Crippen molar-refractivity contribution in [2.45, 2.75) is 58.7 Å². The molecule has 0 radical (unpaired) electrons. The predicted octanol–water partition coefficient (Wildman–Crippen LogP) is 4.77. The number of nitrogens with zero attached hydrogens (tertiary/aromatic N) is 2. The summed E-state index contributed by atoms with van der Waals surface area (Å²) in [5.74, 6) is -7.14. The molecule has 2 N–H and O–H groups in total. The Morgan fingerprint density at radius 3 is 2.17 bits per heavy atom. The fourth-order valence-electron chi connectivity index (χ4n) is 4.46. The number of carbonyl (C=O) groups is 3. The summed E-state index contributed by atoms with van der Waals surface area (Å²) in [6.45, 7) is 6.85. The highest BCUT2D eigenvalue weighted by Crippen LogP contribution is 2.44. The molecular weight excluding hydrogens is 536 g/mol. The van der Waals surface area contributed by atoms with Crippen LogP contribution in [0, 0.1) is 11.3 Å². The van der Waals surface area contributed by atoms with Gasteiger partial charge in [0.25, 0.3) is 5.92 Å². The molecule has 11 heteroatoms. The number of anilines is 1. The van der Waals surface area contributed by atoms with E-state index in [9.17, 15) is 28.4 Å². The molecule has 1 aliphatic heterocycles. The van der Waals surface area contributed by atoms with Gasteiger partial charge in [0.05, 0.1) is 41.9 Å². The Bertz CT molecular complexity index is 1450. The average molecular weight is 568 g/mol. The summed E-state index contributed by atoms with van der Waals surface area (Å²) in [4.78, 5) is 40.7. The first kappa shape index (κ1) is 30.8. The Hall–Kier alpha value is -4.72. The number of halogens is 2. The first-order valence-electron chi connectivity index (χ1n) is 12.7. The van der Waals surface area contributed by atoms with Gasteiger partial charge in [0, 0.05) is 23.9 Å². The van der Waals surface area contributed by atoms with E-state index in [2.05, 4.69) is 4.74 Å². The van der Waals surface area contributed by atoms with Crippen molar-refractivity contribution in [3.63, 3.8) is 0 Å². The molecule has 1 aliphatic rings. The molecule has 216 valence electrons. The van der Waals surface area contributed by atoms with Crippen LogP contribution in [0.4, 0.5) is 14.5 Å². The summed E-state index contributed by atoms with van der Waals surface area (Å²) in [6, 6.07) is 13.5. The lowest BCUT2D eigenvalue weighted by Crippen LogP contribution is -2.40. The molecule has 0 aliphatic carbocycles. The van der Waals surface area contributed by atoms with Crippen molar-refractivity contribution in [2.24, 2.45) is 5.73 Å². The van der Waals surface area contributed by atoms with Crippen molar-refractivity contribution < 1.29 is 37.4 Å². The smallest absolute Gasteiger partial charge is 0.346 e. The Kier molecular flexibility index (Phi) is 9.17. The lowest BCUT2D eigenvalue weighted by Gasteiger charge is -2.37. The van der Waals surface area contributed by atoms with E-state index < -0.39 is 42.0 Å². The molecule has 2 aromatic rings. The second-order valence-corrected chi connectivity index (χ2v) is 9.76. The minimum absolute atomic E-state index is 0.0935. The molecule has 41 heavy (non-hydrogen) atoms. The molecular formula is C30H31F2N3O6. The predicted molar refractivity (Wildman–Crippen MR) is 145 cm³/mol. The van der Waals surface area contributed by atoms with Crippen molar-refractivity contribution in [3.8, 4) is 6.07 Å². The van der Waals surface area contributed by atoms with Crippen LogP contribution in [0.3, 0.4) is 0 Å². The standard InChI is InChI=1S/C30H31F2N3O6/c1-16(2)40-29(38)25-24(20-12-10-19(15-33)11-13-20)23(28(37)41-18(4)27(36)39-6)17(3)35(26(25)34)22-9-7-8-21(14-22)30(5,31)32/h7-14,16,18,24H,34H2,1-6H3/t18-,24?/m0/s1. The molecule has 0 bridgehead atoms. The van der Waals surface area contributed by atoms with E-state index in [4.69, 9.17) is 15.2 Å². The SMILES string of the molecule is COC(=O)[C@H](C)OC(=O)C1=C(C)N(c2cccc(C(C)(F)F)c2)C(N)=C(C(=O)OC(C)C)C1c1ccc(C#N)cc1. The number of hydrogen-bond donors (Lipinski definition) is 1. The average Bonchev–Trinajstić information content (AvgIpc) is 2.91. The summed E-state index contributed by atoms with van der Waals surface area (Å²) >= 11 is 0. The van der Waals surface area contributed by atoms with E-state index in [0.717, 1.165) is 14.0 Å². The van der Waals surface area contributed by atoms with Crippen molar-refractivity contribution in [1.29, 1.82) is 5.26 Å². The van der Waals surface area contributed by atoms with Crippen LogP contribution in [0.15, 0.2) is 71.2 Å². The lowest BCUT2D eigenvalue weighted by atomic mass is 9.80. The molecule has 0 saturated heterocycles. The Balaban J connectivity index is 2.35. The number of carbonyl (C=O) groups excluding carboxylic acids is 3. The van der Waals surface area contributed by atoms with E-state index in [1.807, 2.05) is 6.07 Å². The van der Waals surface area contributed by atoms with E-state index >= 15 is 0 Å². The van der Waals surface area contributed by atoms with E-state index in [-0.39, 0.29) is 33.9 Å². The van der Waals surface area contributed by atoms with Gasteiger partial charge in [-0.15, -0.1) is 0 Å². The van der Waals surface area contributed by atoms with Crippen LogP contribution < -0.4 is 10.6 Å². The third-order valence-electron chi connectivity index (χ3n) is 6.40. The fourth-order valence-corrected chi connectivity index (χ4v) is 4.46. The molecule has 0 spiro atoms. The quantitative estimate of drug-likeness (QED) is 0.354. The molecule has 1 unspecified atom stereocenters. The van der Waals surface area contributed by atoms with Crippen LogP contribution in [-0.4, -0.2) is 37.2 Å². The molecule has 2 aromatic carbocycles. The maximum absolute atomic E-state index is 14.3. The third-order valence-corrected chi connectivity index (χ3v) is 6.40. The molecule has 2 atom stereocenters. The number of allylic oxidation sites excluding steroid dienone is 1. The summed E-state index contributed by atoms with van der Waals surface area (Å²) in [7, 11) is 1.14. The van der Waals surface area contributed by atoms with Gasteiger partial charge in [0.1, 0.15) is 5.82 Å². The topological polar surface area (TPSA) is 132 Å². The van der Waals surface area contributed by atoms with Gasteiger partial charge in [0.2, 0.25) is 0 Å². The second-order valence-electron chi connectivity index (χ2n) is 9.76. The van der Waals surface area contributed by atoms with Gasteiger partial charge in [-0.2, -0.15) is 5.26 Å². The molecule has 3 rings (SSSR count). The van der Waals surface area contributed by atoms with Crippen LogP contribution in [-0.2, 0) is 34.5 Å². The lowest BCUT2D eigenvalue weighted by molar-refractivity contribution is -0.162. The normalized spacial score (nSPS) is 16.3. The third kappa shape index (κ3) is 6.54. The van der Waals surface area contributed by atoms with Crippen LogP contribution in [0.1, 0.15) is 57.2 Å². The monoisotopic (exact) mass is 567 g/mol. The number of hydrogen-bond acceptors (Lipinski definition) is 9. The molecule has 0 aromatic heterocycles. The summed E-state index contributed by atoms with van der Waals surface area (Å²) in [5, 5.41) is 9.28. The molecule has 0 amide bonds. The number of alkyl halides is 2.